The van der Waals surface area contributed by atoms with E-state index in [1.165, 1.54) is 5.56 Å². The van der Waals surface area contributed by atoms with Gasteiger partial charge in [-0.3, -0.25) is 4.57 Å². The molecule has 0 radical (unpaired) electrons. The second kappa shape index (κ2) is 11.1. The zero-order valence-electron chi connectivity index (χ0n) is 21.3. The number of piperidine rings is 1. The number of benzene rings is 2. The van der Waals surface area contributed by atoms with Crippen molar-refractivity contribution in [3.8, 4) is 6.01 Å². The minimum absolute atomic E-state index is 0.0211. The number of para-hydroxylation sites is 2. The maximum absolute atomic E-state index is 13.0. The molecule has 1 amide bonds. The number of likely N-dealkylation sites (tertiary alicyclic amines) is 1. The molecule has 0 N–H and O–H groups in total. The molecule has 0 bridgehead atoms. The number of imidazole rings is 1. The molecule has 2 aromatic carbocycles. The molecule has 0 saturated carbocycles. The average Bonchev–Trinajstić information content (AvgIpc) is 3.16. The van der Waals surface area contributed by atoms with E-state index in [1.54, 1.807) is 0 Å². The lowest BCUT2D eigenvalue weighted by Crippen LogP contribution is -2.51. The van der Waals surface area contributed by atoms with Gasteiger partial charge >= 0.3 is 6.09 Å². The van der Waals surface area contributed by atoms with Crippen molar-refractivity contribution in [3.63, 3.8) is 0 Å². The smallest absolute Gasteiger partial charge is 0.410 e. The summed E-state index contributed by atoms with van der Waals surface area (Å²) in [5.41, 5.74) is 2.60. The predicted molar refractivity (Wildman–Crippen MR) is 137 cm³/mol. The first-order valence-electron chi connectivity index (χ1n) is 12.6. The van der Waals surface area contributed by atoms with E-state index in [0.717, 1.165) is 23.9 Å². The molecule has 2 heterocycles. The molecule has 4 rings (SSSR count). The predicted octanol–water partition coefficient (Wildman–Crippen LogP) is 5.46. The molecule has 188 valence electrons. The van der Waals surface area contributed by atoms with Crippen molar-refractivity contribution in [2.75, 3.05) is 19.8 Å². The highest BCUT2D eigenvalue weighted by Crippen LogP contribution is 2.28. The summed E-state index contributed by atoms with van der Waals surface area (Å²) >= 11 is 0. The largest absolute Gasteiger partial charge is 0.461 e. The topological polar surface area (TPSA) is 65.8 Å². The Morgan fingerprint density at radius 1 is 1.09 bits per heavy atom. The number of ether oxygens (including phenoxy) is 3. The van der Waals surface area contributed by atoms with Crippen molar-refractivity contribution in [2.24, 2.45) is 0 Å². The van der Waals surface area contributed by atoms with Gasteiger partial charge in [-0.1, -0.05) is 42.5 Å². The Hall–Kier alpha value is -3.06. The molecular weight excluding hydrogens is 442 g/mol. The van der Waals surface area contributed by atoms with Crippen molar-refractivity contribution in [1.82, 2.24) is 14.5 Å². The van der Waals surface area contributed by atoms with Gasteiger partial charge in [-0.15, -0.1) is 0 Å². The molecule has 3 aromatic rings. The maximum Gasteiger partial charge on any atom is 0.410 e. The van der Waals surface area contributed by atoms with Gasteiger partial charge in [0.25, 0.3) is 6.01 Å². The lowest BCUT2D eigenvalue weighted by Gasteiger charge is -2.39. The number of aromatic nitrogens is 2. The number of hydrogen-bond donors (Lipinski definition) is 0. The normalized spacial score (nSPS) is 18.6. The van der Waals surface area contributed by atoms with Crippen LogP contribution in [0.4, 0.5) is 4.79 Å². The van der Waals surface area contributed by atoms with E-state index in [0.29, 0.717) is 38.7 Å². The third-order valence-electron chi connectivity index (χ3n) is 6.16. The lowest BCUT2D eigenvalue weighted by molar-refractivity contribution is -0.00560. The van der Waals surface area contributed by atoms with Gasteiger partial charge in [-0.2, -0.15) is 4.98 Å². The van der Waals surface area contributed by atoms with Crippen LogP contribution in [0, 0.1) is 0 Å². The summed E-state index contributed by atoms with van der Waals surface area (Å²) in [4.78, 5) is 19.7. The Kier molecular flexibility index (Phi) is 7.96. The van der Waals surface area contributed by atoms with Crippen LogP contribution in [0.25, 0.3) is 11.0 Å². The third-order valence-corrected chi connectivity index (χ3v) is 6.16. The Bertz CT molecular complexity index is 1110. The van der Waals surface area contributed by atoms with Crippen LogP contribution in [-0.2, 0) is 22.4 Å². The first kappa shape index (κ1) is 25.0. The Morgan fingerprint density at radius 3 is 2.57 bits per heavy atom. The van der Waals surface area contributed by atoms with E-state index in [9.17, 15) is 4.79 Å². The summed E-state index contributed by atoms with van der Waals surface area (Å²) in [6.07, 6.45) is 1.87. The van der Waals surface area contributed by atoms with Crippen molar-refractivity contribution in [1.29, 1.82) is 0 Å². The van der Waals surface area contributed by atoms with Crippen LogP contribution in [-0.4, -0.2) is 58.0 Å². The summed E-state index contributed by atoms with van der Waals surface area (Å²) < 4.78 is 19.9. The number of hydrogen-bond acceptors (Lipinski definition) is 5. The summed E-state index contributed by atoms with van der Waals surface area (Å²) in [6.45, 7) is 10.2. The first-order chi connectivity index (χ1) is 16.8. The summed E-state index contributed by atoms with van der Waals surface area (Å²) in [7, 11) is 0. The van der Waals surface area contributed by atoms with Gasteiger partial charge in [0.05, 0.1) is 24.2 Å². The second-order valence-corrected chi connectivity index (χ2v) is 10.0. The van der Waals surface area contributed by atoms with E-state index in [4.69, 9.17) is 19.2 Å². The zero-order chi connectivity index (χ0) is 24.8. The Morgan fingerprint density at radius 2 is 1.83 bits per heavy atom. The highest BCUT2D eigenvalue weighted by molar-refractivity contribution is 5.76. The molecule has 35 heavy (non-hydrogen) atoms. The third kappa shape index (κ3) is 6.54. The molecule has 0 aliphatic carbocycles. The number of carbonyl (C=O) groups excluding carboxylic acids is 1. The summed E-state index contributed by atoms with van der Waals surface area (Å²) in [5.74, 6) is 0. The Labute approximate surface area is 208 Å². The molecule has 1 aliphatic rings. The molecule has 7 nitrogen and oxygen atoms in total. The highest BCUT2D eigenvalue weighted by atomic mass is 16.6. The van der Waals surface area contributed by atoms with Crippen molar-refractivity contribution < 1.29 is 19.0 Å². The van der Waals surface area contributed by atoms with Crippen molar-refractivity contribution in [3.05, 3.63) is 60.2 Å². The van der Waals surface area contributed by atoms with E-state index < -0.39 is 5.60 Å². The van der Waals surface area contributed by atoms with Crippen LogP contribution in [0.5, 0.6) is 6.01 Å². The zero-order valence-corrected chi connectivity index (χ0v) is 21.3. The number of nitrogens with zero attached hydrogens (tertiary/aromatic N) is 3. The average molecular weight is 480 g/mol. The quantitative estimate of drug-likeness (QED) is 0.401. The number of amides is 1. The molecule has 1 aromatic heterocycles. The monoisotopic (exact) mass is 479 g/mol. The SMILES string of the molecule is CCOCCn1c(OC2CCN(C(=O)OC(C)(C)C)C(Cc3ccccc3)C2)nc2ccccc21. The van der Waals surface area contributed by atoms with E-state index in [1.807, 2.05) is 69.0 Å². The van der Waals surface area contributed by atoms with Crippen molar-refractivity contribution >= 4 is 17.1 Å². The van der Waals surface area contributed by atoms with Gasteiger partial charge in [0.2, 0.25) is 0 Å². The van der Waals surface area contributed by atoms with Gasteiger partial charge in [-0.05, 0) is 51.8 Å². The van der Waals surface area contributed by atoms with Gasteiger partial charge in [-0.25, -0.2) is 4.79 Å². The van der Waals surface area contributed by atoms with Gasteiger partial charge in [0.1, 0.15) is 11.7 Å². The fraction of sp³-hybridized carbons (Fsp3) is 0.500. The number of fused-ring (bicyclic) bond motifs is 1. The van der Waals surface area contributed by atoms with Gasteiger partial charge < -0.3 is 19.1 Å². The standard InChI is InChI=1S/C28H37N3O4/c1-5-33-18-17-31-25-14-10-9-13-24(25)29-26(31)34-23-15-16-30(27(32)35-28(2,3)4)22(20-23)19-21-11-7-6-8-12-21/h6-14,22-23H,5,15-20H2,1-4H3. The number of rotatable bonds is 8. The molecule has 1 aliphatic heterocycles. The fourth-order valence-corrected chi connectivity index (χ4v) is 4.57. The van der Waals surface area contributed by atoms with Crippen LogP contribution >= 0.6 is 0 Å². The minimum Gasteiger partial charge on any atom is -0.461 e. The van der Waals surface area contributed by atoms with Crippen LogP contribution in [0.1, 0.15) is 46.1 Å². The van der Waals surface area contributed by atoms with Crippen molar-refractivity contribution in [2.45, 2.75) is 71.2 Å². The van der Waals surface area contributed by atoms with E-state index >= 15 is 0 Å². The van der Waals surface area contributed by atoms with E-state index in [-0.39, 0.29) is 18.2 Å². The molecule has 2 unspecified atom stereocenters. The van der Waals surface area contributed by atoms with Crippen LogP contribution in [0.2, 0.25) is 0 Å². The molecular formula is C28H37N3O4. The van der Waals surface area contributed by atoms with Crippen LogP contribution in [0.15, 0.2) is 54.6 Å². The molecule has 2 atom stereocenters. The van der Waals surface area contributed by atoms with E-state index in [2.05, 4.69) is 22.8 Å². The summed E-state index contributed by atoms with van der Waals surface area (Å²) in [5, 5.41) is 0. The first-order valence-corrected chi connectivity index (χ1v) is 12.6. The van der Waals surface area contributed by atoms with Gasteiger partial charge in [0, 0.05) is 32.0 Å². The Balaban J connectivity index is 1.54. The molecule has 1 saturated heterocycles. The van der Waals surface area contributed by atoms with Crippen LogP contribution < -0.4 is 4.74 Å². The number of carbonyl (C=O) groups is 1. The van der Waals surface area contributed by atoms with Gasteiger partial charge in [0.15, 0.2) is 0 Å². The molecule has 1 fully saturated rings. The summed E-state index contributed by atoms with van der Waals surface area (Å²) in [6, 6.07) is 18.9. The molecule has 0 spiro atoms. The second-order valence-electron chi connectivity index (χ2n) is 10.0. The maximum atomic E-state index is 13.0. The minimum atomic E-state index is -0.535. The van der Waals surface area contributed by atoms with Crippen LogP contribution in [0.3, 0.4) is 0 Å². The molecule has 7 heteroatoms. The fourth-order valence-electron chi connectivity index (χ4n) is 4.57. The highest BCUT2D eigenvalue weighted by Gasteiger charge is 2.35. The lowest BCUT2D eigenvalue weighted by atomic mass is 9.94.